The topological polar surface area (TPSA) is 69.4 Å². The molecular formula is C12H20F3NO4S. The normalized spacial score (nSPS) is 26.1. The van der Waals surface area contributed by atoms with Crippen LogP contribution in [0, 0.1) is 11.8 Å². The maximum absolute atomic E-state index is 10.7. The summed E-state index contributed by atoms with van der Waals surface area (Å²) in [5.74, 6) is 2.56. The second-order valence-corrected chi connectivity index (χ2v) is 7.00. The van der Waals surface area contributed by atoms with E-state index >= 15 is 0 Å². The lowest BCUT2D eigenvalue weighted by molar-refractivity contribution is -0.529. The molecule has 0 spiro atoms. The van der Waals surface area contributed by atoms with Crippen LogP contribution < -0.4 is 0 Å². The molecule has 21 heavy (non-hydrogen) atoms. The van der Waals surface area contributed by atoms with Crippen molar-refractivity contribution in [2.24, 2.45) is 11.8 Å². The summed E-state index contributed by atoms with van der Waals surface area (Å²) in [6, 6.07) is 0. The van der Waals surface area contributed by atoms with Gasteiger partial charge in [-0.3, -0.25) is 0 Å². The third kappa shape index (κ3) is 4.84. The van der Waals surface area contributed by atoms with Crippen molar-refractivity contribution in [1.29, 1.82) is 0 Å². The number of ether oxygens (including phenoxy) is 1. The maximum Gasteiger partial charge on any atom is 0.485 e. The Hall–Kier alpha value is -0.830. The first-order chi connectivity index (χ1) is 9.43. The van der Waals surface area contributed by atoms with Crippen molar-refractivity contribution in [2.45, 2.75) is 45.2 Å². The van der Waals surface area contributed by atoms with Crippen LogP contribution in [0.3, 0.4) is 0 Å². The van der Waals surface area contributed by atoms with E-state index in [0.717, 1.165) is 6.54 Å². The number of hydrogen-bond donors (Lipinski definition) is 0. The Balaban J connectivity index is 0.000000240. The Morgan fingerprint density at radius 1 is 1.38 bits per heavy atom. The van der Waals surface area contributed by atoms with E-state index in [2.05, 4.69) is 25.3 Å². The molecular weight excluding hydrogens is 311 g/mol. The highest BCUT2D eigenvalue weighted by Crippen LogP contribution is 2.23. The molecule has 5 nitrogen and oxygen atoms in total. The van der Waals surface area contributed by atoms with Gasteiger partial charge in [0, 0.05) is 6.42 Å². The summed E-state index contributed by atoms with van der Waals surface area (Å²) in [7, 11) is -6.09. The van der Waals surface area contributed by atoms with Gasteiger partial charge in [0.25, 0.3) is 0 Å². The van der Waals surface area contributed by atoms with Crippen LogP contribution in [0.4, 0.5) is 13.2 Å². The molecule has 124 valence electrons. The zero-order valence-electron chi connectivity index (χ0n) is 12.2. The van der Waals surface area contributed by atoms with Gasteiger partial charge in [-0.25, -0.2) is 8.42 Å². The molecule has 2 rings (SSSR count). The zero-order valence-corrected chi connectivity index (χ0v) is 13.0. The van der Waals surface area contributed by atoms with Gasteiger partial charge >= 0.3 is 11.4 Å². The third-order valence-corrected chi connectivity index (χ3v) is 4.06. The van der Waals surface area contributed by atoms with Gasteiger partial charge in [-0.05, 0) is 19.3 Å². The Labute approximate surface area is 122 Å². The van der Waals surface area contributed by atoms with Gasteiger partial charge in [0.1, 0.15) is 6.54 Å². The molecule has 0 aliphatic carbocycles. The maximum atomic E-state index is 10.7. The van der Waals surface area contributed by atoms with Gasteiger partial charge in [-0.2, -0.15) is 17.7 Å². The molecule has 2 unspecified atom stereocenters. The molecule has 0 saturated heterocycles. The molecule has 0 fully saturated rings. The van der Waals surface area contributed by atoms with Crippen LogP contribution in [0.1, 0.15) is 33.6 Å². The van der Waals surface area contributed by atoms with Crippen molar-refractivity contribution < 1.29 is 35.5 Å². The molecule has 0 N–H and O–H groups in total. The van der Waals surface area contributed by atoms with Gasteiger partial charge in [-0.15, -0.1) is 0 Å². The highest BCUT2D eigenvalue weighted by Gasteiger charge is 2.39. The summed E-state index contributed by atoms with van der Waals surface area (Å²) in [5, 5.41) is 0. The van der Waals surface area contributed by atoms with Crippen LogP contribution in [0.2, 0.25) is 0 Å². The Morgan fingerprint density at radius 2 is 1.90 bits per heavy atom. The van der Waals surface area contributed by atoms with Crippen LogP contribution in [0.25, 0.3) is 0 Å². The van der Waals surface area contributed by atoms with Gasteiger partial charge < -0.3 is 9.29 Å². The van der Waals surface area contributed by atoms with Crippen LogP contribution in [0.15, 0.2) is 0 Å². The molecule has 2 aliphatic rings. The van der Waals surface area contributed by atoms with E-state index in [4.69, 9.17) is 17.7 Å². The minimum absolute atomic E-state index is 0.440. The number of rotatable bonds is 1. The van der Waals surface area contributed by atoms with Crippen molar-refractivity contribution in [1.82, 2.24) is 0 Å². The second-order valence-electron chi connectivity index (χ2n) is 5.63. The van der Waals surface area contributed by atoms with E-state index in [9.17, 15) is 13.2 Å². The summed E-state index contributed by atoms with van der Waals surface area (Å²) in [6.45, 7) is 9.10. The fourth-order valence-corrected chi connectivity index (χ4v) is 2.26. The van der Waals surface area contributed by atoms with Crippen LogP contribution >= 0.6 is 0 Å². The highest BCUT2D eigenvalue weighted by molar-refractivity contribution is 7.86. The molecule has 0 radical (unpaired) electrons. The summed E-state index contributed by atoms with van der Waals surface area (Å²) < 4.78 is 67.3. The average Bonchev–Trinajstić information content (AvgIpc) is 2.72. The fourth-order valence-electron chi connectivity index (χ4n) is 2.26. The Bertz CT molecular complexity index is 499. The predicted molar refractivity (Wildman–Crippen MR) is 68.9 cm³/mol. The average molecular weight is 331 g/mol. The number of alkyl halides is 3. The molecule has 0 bridgehead atoms. The molecule has 2 heterocycles. The molecule has 0 amide bonds. The predicted octanol–water partition coefficient (Wildman–Crippen LogP) is 1.93. The van der Waals surface area contributed by atoms with Crippen molar-refractivity contribution >= 4 is 16.0 Å². The monoisotopic (exact) mass is 331 g/mol. The first kappa shape index (κ1) is 18.2. The molecule has 0 aromatic rings. The highest BCUT2D eigenvalue weighted by atomic mass is 32.2. The molecule has 0 saturated carbocycles. The van der Waals surface area contributed by atoms with E-state index in [0.29, 0.717) is 17.9 Å². The quantitative estimate of drug-likeness (QED) is 0.418. The van der Waals surface area contributed by atoms with Crippen molar-refractivity contribution in [3.8, 4) is 0 Å². The lowest BCUT2D eigenvalue weighted by Crippen LogP contribution is -2.28. The van der Waals surface area contributed by atoms with Gasteiger partial charge in [0.2, 0.25) is 0 Å². The van der Waals surface area contributed by atoms with E-state index < -0.39 is 15.6 Å². The van der Waals surface area contributed by atoms with E-state index in [1.165, 1.54) is 25.3 Å². The number of halogens is 3. The van der Waals surface area contributed by atoms with E-state index in [1.54, 1.807) is 0 Å². The summed E-state index contributed by atoms with van der Waals surface area (Å²) in [5.41, 5.74) is -5.65. The summed E-state index contributed by atoms with van der Waals surface area (Å²) >= 11 is 0. The molecule has 0 aromatic carbocycles. The molecule has 9 heteroatoms. The molecule has 2 atom stereocenters. The van der Waals surface area contributed by atoms with Crippen molar-refractivity contribution in [3.05, 3.63) is 0 Å². The Kier molecular flexibility index (Phi) is 5.65. The Morgan fingerprint density at radius 3 is 2.29 bits per heavy atom. The van der Waals surface area contributed by atoms with E-state index in [-0.39, 0.29) is 0 Å². The summed E-state index contributed by atoms with van der Waals surface area (Å²) in [4.78, 5) is 0. The first-order valence-corrected chi connectivity index (χ1v) is 8.15. The van der Waals surface area contributed by atoms with Gasteiger partial charge in [0.05, 0.1) is 5.92 Å². The van der Waals surface area contributed by atoms with Crippen LogP contribution in [-0.2, 0) is 14.9 Å². The van der Waals surface area contributed by atoms with Gasteiger partial charge in [-0.1, -0.05) is 13.8 Å². The van der Waals surface area contributed by atoms with Gasteiger partial charge in [0.15, 0.2) is 22.8 Å². The smallest absolute Gasteiger partial charge is 0.485 e. The van der Waals surface area contributed by atoms with Crippen molar-refractivity contribution in [2.75, 3.05) is 13.1 Å². The van der Waals surface area contributed by atoms with Crippen LogP contribution in [0.5, 0.6) is 0 Å². The molecule has 0 aromatic heterocycles. The third-order valence-electron chi connectivity index (χ3n) is 3.50. The molecule has 2 aliphatic heterocycles. The largest absolute Gasteiger partial charge is 0.741 e. The standard InChI is InChI=1S/C11H20NO.CHF3O3S/c1-8(2)10-7-12-6-4-5-9(3)11(12)13-10;2-1(3,4)8(5,6)7/h8-10H,4-7H2,1-3H3;(H,5,6,7)/q+1;/p-1. The van der Waals surface area contributed by atoms with Crippen molar-refractivity contribution in [3.63, 3.8) is 0 Å². The minimum Gasteiger partial charge on any atom is -0.741 e. The number of nitrogens with zero attached hydrogens (tertiary/aromatic N) is 1. The minimum atomic E-state index is -6.09. The lowest BCUT2D eigenvalue weighted by atomic mass is 10.0. The van der Waals surface area contributed by atoms with E-state index in [1.807, 2.05) is 0 Å². The lowest BCUT2D eigenvalue weighted by Gasteiger charge is -2.14. The van der Waals surface area contributed by atoms with Crippen LogP contribution in [-0.4, -0.2) is 48.1 Å². The number of hydrogen-bond acceptors (Lipinski definition) is 4. The zero-order chi connectivity index (χ0) is 16.4. The second kappa shape index (κ2) is 6.51. The SMILES string of the molecule is CC1CCC[N+]2=C1OC(C(C)C)C2.O=S(=O)([O-])C(F)(F)F. The fraction of sp³-hybridized carbons (Fsp3) is 0.917. The summed E-state index contributed by atoms with van der Waals surface area (Å²) in [6.07, 6.45) is 3.07. The first-order valence-electron chi connectivity index (χ1n) is 6.74.